The standard InChI is InChI=1S/C32H41N3O5S/c1-6-8-19-33-32(37)30(7-2)34(22-26-12-10-14-28(21-26)40-5)31(36)23-35(27-13-9-11-25(4)20-27)41(38,39)29-17-15-24(3)16-18-29/h9-18,20-21,30H,6-8,19,22-23H2,1-5H3,(H,33,37)/t30-/m1/s1. The molecule has 0 heterocycles. The minimum atomic E-state index is -4.10. The van der Waals surface area contributed by atoms with E-state index >= 15 is 0 Å². The van der Waals surface area contributed by atoms with Gasteiger partial charge in [0.15, 0.2) is 0 Å². The van der Waals surface area contributed by atoms with Crippen LogP contribution in [0.15, 0.2) is 77.7 Å². The van der Waals surface area contributed by atoms with Crippen molar-refractivity contribution in [1.29, 1.82) is 0 Å². The van der Waals surface area contributed by atoms with Gasteiger partial charge in [-0.3, -0.25) is 13.9 Å². The highest BCUT2D eigenvalue weighted by Gasteiger charge is 2.33. The number of benzene rings is 3. The molecule has 0 saturated carbocycles. The number of methoxy groups -OCH3 is 1. The molecule has 3 aromatic rings. The van der Waals surface area contributed by atoms with Crippen molar-refractivity contribution in [2.45, 2.75) is 64.4 Å². The van der Waals surface area contributed by atoms with Crippen LogP contribution in [-0.4, -0.2) is 51.4 Å². The molecule has 220 valence electrons. The number of aryl methyl sites for hydroxylation is 2. The minimum Gasteiger partial charge on any atom is -0.497 e. The molecule has 0 aliphatic carbocycles. The summed E-state index contributed by atoms with van der Waals surface area (Å²) in [4.78, 5) is 29.0. The first kappa shape index (κ1) is 31.7. The van der Waals surface area contributed by atoms with E-state index < -0.39 is 28.5 Å². The van der Waals surface area contributed by atoms with E-state index in [1.165, 1.54) is 4.90 Å². The highest BCUT2D eigenvalue weighted by Crippen LogP contribution is 2.26. The molecule has 0 saturated heterocycles. The fraction of sp³-hybridized carbons (Fsp3) is 0.375. The second-order valence-electron chi connectivity index (χ2n) is 10.1. The number of nitrogens with zero attached hydrogens (tertiary/aromatic N) is 2. The van der Waals surface area contributed by atoms with Crippen LogP contribution in [0.25, 0.3) is 0 Å². The number of sulfonamides is 1. The molecule has 41 heavy (non-hydrogen) atoms. The first-order valence-corrected chi connectivity index (χ1v) is 15.4. The third-order valence-corrected chi connectivity index (χ3v) is 8.67. The highest BCUT2D eigenvalue weighted by atomic mass is 32.2. The van der Waals surface area contributed by atoms with Crippen LogP contribution in [0.4, 0.5) is 5.69 Å². The number of amides is 2. The molecule has 1 N–H and O–H groups in total. The van der Waals surface area contributed by atoms with Crippen molar-refractivity contribution >= 4 is 27.5 Å². The van der Waals surface area contributed by atoms with Crippen molar-refractivity contribution in [1.82, 2.24) is 10.2 Å². The Morgan fingerprint density at radius 1 is 0.927 bits per heavy atom. The van der Waals surface area contributed by atoms with Gasteiger partial charge in [-0.05, 0) is 74.2 Å². The number of anilines is 1. The van der Waals surface area contributed by atoms with Gasteiger partial charge >= 0.3 is 0 Å². The number of hydrogen-bond acceptors (Lipinski definition) is 5. The zero-order chi connectivity index (χ0) is 30.0. The van der Waals surface area contributed by atoms with E-state index in [-0.39, 0.29) is 17.3 Å². The average Bonchev–Trinajstić information content (AvgIpc) is 2.96. The lowest BCUT2D eigenvalue weighted by Crippen LogP contribution is -2.52. The number of carbonyl (C=O) groups excluding carboxylic acids is 2. The molecule has 3 aromatic carbocycles. The summed E-state index contributed by atoms with van der Waals surface area (Å²) in [6, 6.07) is 20.1. The minimum absolute atomic E-state index is 0.0844. The lowest BCUT2D eigenvalue weighted by atomic mass is 10.1. The molecule has 9 heteroatoms. The van der Waals surface area contributed by atoms with Gasteiger partial charge in [-0.25, -0.2) is 8.42 Å². The number of rotatable bonds is 14. The Labute approximate surface area is 244 Å². The number of hydrogen-bond donors (Lipinski definition) is 1. The Kier molecular flexibility index (Phi) is 11.3. The van der Waals surface area contributed by atoms with E-state index in [0.29, 0.717) is 24.4 Å². The number of nitrogens with one attached hydrogen (secondary N) is 1. The average molecular weight is 580 g/mol. The Bertz CT molecular complexity index is 1420. The Balaban J connectivity index is 2.04. The quantitative estimate of drug-likeness (QED) is 0.264. The third kappa shape index (κ3) is 8.33. The Hall–Kier alpha value is -3.85. The van der Waals surface area contributed by atoms with Gasteiger partial charge in [0, 0.05) is 13.1 Å². The lowest BCUT2D eigenvalue weighted by molar-refractivity contribution is -0.140. The van der Waals surface area contributed by atoms with Crippen molar-refractivity contribution in [3.8, 4) is 5.75 Å². The smallest absolute Gasteiger partial charge is 0.264 e. The van der Waals surface area contributed by atoms with Crippen LogP contribution in [-0.2, 0) is 26.2 Å². The van der Waals surface area contributed by atoms with E-state index in [2.05, 4.69) is 5.32 Å². The molecule has 0 radical (unpaired) electrons. The normalized spacial score (nSPS) is 11.9. The predicted molar refractivity (Wildman–Crippen MR) is 162 cm³/mol. The monoisotopic (exact) mass is 579 g/mol. The lowest BCUT2D eigenvalue weighted by Gasteiger charge is -2.33. The van der Waals surface area contributed by atoms with Crippen molar-refractivity contribution in [2.24, 2.45) is 0 Å². The van der Waals surface area contributed by atoms with Crippen LogP contribution >= 0.6 is 0 Å². The largest absolute Gasteiger partial charge is 0.497 e. The van der Waals surface area contributed by atoms with Gasteiger partial charge in [0.2, 0.25) is 11.8 Å². The van der Waals surface area contributed by atoms with Gasteiger partial charge in [-0.1, -0.05) is 62.2 Å². The van der Waals surface area contributed by atoms with E-state index in [1.54, 1.807) is 55.6 Å². The fourth-order valence-electron chi connectivity index (χ4n) is 4.54. The summed E-state index contributed by atoms with van der Waals surface area (Å²) >= 11 is 0. The van der Waals surface area contributed by atoms with Crippen LogP contribution in [0.2, 0.25) is 0 Å². The summed E-state index contributed by atoms with van der Waals surface area (Å²) in [6.45, 7) is 7.78. The van der Waals surface area contributed by atoms with Gasteiger partial charge < -0.3 is 15.0 Å². The summed E-state index contributed by atoms with van der Waals surface area (Å²) in [5.74, 6) is -0.123. The number of ether oxygens (including phenoxy) is 1. The molecule has 0 aliphatic rings. The molecule has 0 aromatic heterocycles. The molecule has 0 spiro atoms. The van der Waals surface area contributed by atoms with Crippen LogP contribution in [0, 0.1) is 13.8 Å². The van der Waals surface area contributed by atoms with Gasteiger partial charge in [0.25, 0.3) is 10.0 Å². The topological polar surface area (TPSA) is 96.0 Å². The number of unbranched alkanes of at least 4 members (excludes halogenated alkanes) is 1. The molecule has 3 rings (SSSR count). The predicted octanol–water partition coefficient (Wildman–Crippen LogP) is 5.23. The molecule has 0 bridgehead atoms. The second-order valence-corrected chi connectivity index (χ2v) is 12.0. The molecular weight excluding hydrogens is 538 g/mol. The zero-order valence-electron chi connectivity index (χ0n) is 24.6. The van der Waals surface area contributed by atoms with E-state index in [1.807, 2.05) is 52.0 Å². The zero-order valence-corrected chi connectivity index (χ0v) is 25.4. The van der Waals surface area contributed by atoms with Crippen LogP contribution in [0.5, 0.6) is 5.75 Å². The van der Waals surface area contributed by atoms with Crippen LogP contribution in [0.1, 0.15) is 49.8 Å². The first-order valence-electron chi connectivity index (χ1n) is 14.0. The van der Waals surface area contributed by atoms with Crippen LogP contribution in [0.3, 0.4) is 0 Å². The Morgan fingerprint density at radius 2 is 1.63 bits per heavy atom. The highest BCUT2D eigenvalue weighted by molar-refractivity contribution is 7.92. The molecule has 0 fully saturated rings. The third-order valence-electron chi connectivity index (χ3n) is 6.88. The molecular formula is C32H41N3O5S. The molecule has 2 amide bonds. The van der Waals surface area contributed by atoms with Crippen molar-refractivity contribution in [3.63, 3.8) is 0 Å². The summed E-state index contributed by atoms with van der Waals surface area (Å²) in [7, 11) is -2.54. The Morgan fingerprint density at radius 3 is 2.27 bits per heavy atom. The van der Waals surface area contributed by atoms with Crippen LogP contribution < -0.4 is 14.4 Å². The molecule has 8 nitrogen and oxygen atoms in total. The summed E-state index contributed by atoms with van der Waals surface area (Å²) in [5, 5.41) is 2.94. The second kappa shape index (κ2) is 14.7. The SMILES string of the molecule is CCCCNC(=O)[C@@H](CC)N(Cc1cccc(OC)c1)C(=O)CN(c1cccc(C)c1)S(=O)(=O)c1ccc(C)cc1. The summed E-state index contributed by atoms with van der Waals surface area (Å²) < 4.78 is 34.4. The molecule has 0 aliphatic heterocycles. The van der Waals surface area contributed by atoms with Gasteiger partial charge in [-0.2, -0.15) is 0 Å². The van der Waals surface area contributed by atoms with Crippen molar-refractivity contribution in [2.75, 3.05) is 24.5 Å². The summed E-state index contributed by atoms with van der Waals surface area (Å²) in [5.41, 5.74) is 2.92. The summed E-state index contributed by atoms with van der Waals surface area (Å²) in [6.07, 6.45) is 2.11. The molecule has 1 atom stereocenters. The van der Waals surface area contributed by atoms with Gasteiger partial charge in [-0.15, -0.1) is 0 Å². The van der Waals surface area contributed by atoms with E-state index in [4.69, 9.17) is 4.74 Å². The van der Waals surface area contributed by atoms with Gasteiger partial charge in [0.05, 0.1) is 17.7 Å². The maximum atomic E-state index is 14.1. The molecule has 0 unspecified atom stereocenters. The number of carbonyl (C=O) groups is 2. The van der Waals surface area contributed by atoms with Crippen molar-refractivity contribution < 1.29 is 22.7 Å². The van der Waals surface area contributed by atoms with Crippen molar-refractivity contribution in [3.05, 3.63) is 89.5 Å². The first-order chi connectivity index (χ1) is 19.6. The van der Waals surface area contributed by atoms with E-state index in [0.717, 1.165) is 33.8 Å². The fourth-order valence-corrected chi connectivity index (χ4v) is 5.95. The maximum absolute atomic E-state index is 14.1. The van der Waals surface area contributed by atoms with E-state index in [9.17, 15) is 18.0 Å². The van der Waals surface area contributed by atoms with Gasteiger partial charge in [0.1, 0.15) is 18.3 Å². The maximum Gasteiger partial charge on any atom is 0.264 e.